The van der Waals surface area contributed by atoms with Crippen molar-refractivity contribution in [2.75, 3.05) is 39.3 Å². The van der Waals surface area contributed by atoms with Crippen molar-refractivity contribution in [1.29, 1.82) is 0 Å². The van der Waals surface area contributed by atoms with Crippen LogP contribution >= 0.6 is 0 Å². The van der Waals surface area contributed by atoms with Crippen molar-refractivity contribution in [3.63, 3.8) is 0 Å². The summed E-state index contributed by atoms with van der Waals surface area (Å²) >= 11 is 0. The van der Waals surface area contributed by atoms with E-state index < -0.39 is 133 Å². The maximum absolute atomic E-state index is 13.4. The predicted octanol–water partition coefficient (Wildman–Crippen LogP) is -4.90. The van der Waals surface area contributed by atoms with Gasteiger partial charge >= 0.3 is 5.97 Å². The standard InChI is InChI=1S/C42H71N11O14/c1-22(2)15-29(52-39(63)26(11-12-32(43)56)49-33(57)19-45-37(61)28-17-25(55)18-44-28)38(62)46-20-34(58)50-30(16-23(3)4)40(64)48-24(5)36(60)47-21-35(59)53-13-8-10-31(53)41(65)51-27(42(66)67)9-6-7-14-54/h22-31,44,54-55H,6-21H2,1-5H3,(H2,43,56)(H,45,61)(H,46,62)(H,47,60)(H,48,64)(H,49,57)(H,50,58)(H,51,65)(H,52,63)(H,66,67)/t24-,25+,26-,27-,28-,29-,30-,31?/m0/s1. The van der Waals surface area contributed by atoms with Gasteiger partial charge in [0.1, 0.15) is 36.3 Å². The van der Waals surface area contributed by atoms with Crippen LogP contribution < -0.4 is 53.6 Å². The lowest BCUT2D eigenvalue weighted by atomic mass is 10.0. The minimum atomic E-state index is -1.35. The van der Waals surface area contributed by atoms with Gasteiger partial charge in [0.2, 0.25) is 59.1 Å². The molecule has 2 aliphatic heterocycles. The summed E-state index contributed by atoms with van der Waals surface area (Å²) in [5.41, 5.74) is 5.28. The Balaban J connectivity index is 1.98. The number of primary amides is 1. The summed E-state index contributed by atoms with van der Waals surface area (Å²) < 4.78 is 0. The van der Waals surface area contributed by atoms with Crippen molar-refractivity contribution in [2.24, 2.45) is 17.6 Å². The van der Waals surface area contributed by atoms with Crippen molar-refractivity contribution in [3.05, 3.63) is 0 Å². The van der Waals surface area contributed by atoms with E-state index in [4.69, 9.17) is 10.8 Å². The number of β-amino-alcohol motifs (C(OH)–C–C–N with tert-alkyl or cyclic N) is 1. The van der Waals surface area contributed by atoms with Gasteiger partial charge in [-0.25, -0.2) is 4.79 Å². The van der Waals surface area contributed by atoms with Crippen LogP contribution in [0.2, 0.25) is 0 Å². The Morgan fingerprint density at radius 3 is 1.82 bits per heavy atom. The first-order valence-electron chi connectivity index (χ1n) is 22.7. The SMILES string of the molecule is CC(C)C[C@H](NC(=O)CNC(=O)[C@H](CC(C)C)NC(=O)[C@H](CCC(N)=O)NC(=O)CNC(=O)[C@@H]1C[C@@H](O)CN1)C(=O)N[C@@H](C)C(=O)NCC(=O)N1CCCC1C(=O)N[C@@H](CCCCO)C(=O)O. The van der Waals surface area contributed by atoms with Crippen LogP contribution in [-0.4, -0.2) is 173 Å². The fourth-order valence-electron chi connectivity index (χ4n) is 7.34. The molecule has 0 aromatic carbocycles. The van der Waals surface area contributed by atoms with Crippen LogP contribution in [0.15, 0.2) is 0 Å². The molecule has 0 aromatic heterocycles. The fourth-order valence-corrected chi connectivity index (χ4v) is 7.34. The third-order valence-electron chi connectivity index (χ3n) is 10.9. The number of amides is 10. The Hall–Kier alpha value is -5.95. The van der Waals surface area contributed by atoms with Gasteiger partial charge in [-0.05, 0) is 76.5 Å². The molecule has 378 valence electrons. The number of carboxylic acids is 1. The second-order valence-corrected chi connectivity index (χ2v) is 17.7. The number of hydrogen-bond acceptors (Lipinski definition) is 14. The van der Waals surface area contributed by atoms with Gasteiger partial charge in [0.25, 0.3) is 0 Å². The highest BCUT2D eigenvalue weighted by Crippen LogP contribution is 2.18. The quantitative estimate of drug-likeness (QED) is 0.0313. The van der Waals surface area contributed by atoms with E-state index in [9.17, 15) is 63.0 Å². The van der Waals surface area contributed by atoms with Gasteiger partial charge in [-0.3, -0.25) is 47.9 Å². The number of aliphatic hydroxyl groups is 2. The van der Waals surface area contributed by atoms with Crippen LogP contribution in [0.4, 0.5) is 0 Å². The Bertz CT molecular complexity index is 1770. The first-order chi connectivity index (χ1) is 31.5. The summed E-state index contributed by atoms with van der Waals surface area (Å²) in [7, 11) is 0. The van der Waals surface area contributed by atoms with Crippen LogP contribution in [-0.2, 0) is 52.7 Å². The average Bonchev–Trinajstić information content (AvgIpc) is 3.93. The van der Waals surface area contributed by atoms with Crippen molar-refractivity contribution in [1.82, 2.24) is 52.8 Å². The van der Waals surface area contributed by atoms with Crippen molar-refractivity contribution in [2.45, 2.75) is 147 Å². The van der Waals surface area contributed by atoms with E-state index in [1.54, 1.807) is 27.7 Å². The van der Waals surface area contributed by atoms with E-state index in [-0.39, 0.29) is 76.5 Å². The molecule has 10 amide bonds. The van der Waals surface area contributed by atoms with Gasteiger partial charge in [0.15, 0.2) is 0 Å². The lowest BCUT2D eigenvalue weighted by Crippen LogP contribution is -2.57. The molecule has 2 fully saturated rings. The summed E-state index contributed by atoms with van der Waals surface area (Å²) in [4.78, 5) is 142. The van der Waals surface area contributed by atoms with Crippen molar-refractivity contribution >= 4 is 65.0 Å². The molecule has 2 saturated heterocycles. The van der Waals surface area contributed by atoms with E-state index in [1.807, 2.05) is 0 Å². The van der Waals surface area contributed by atoms with Gasteiger partial charge in [-0.2, -0.15) is 0 Å². The lowest BCUT2D eigenvalue weighted by molar-refractivity contribution is -0.144. The number of nitrogens with zero attached hydrogens (tertiary/aromatic N) is 1. The Morgan fingerprint density at radius 2 is 1.25 bits per heavy atom. The lowest BCUT2D eigenvalue weighted by Gasteiger charge is -2.26. The normalized spacial score (nSPS) is 18.9. The third-order valence-corrected chi connectivity index (χ3v) is 10.9. The number of carbonyl (C=O) groups is 11. The molecule has 0 bridgehead atoms. The van der Waals surface area contributed by atoms with E-state index in [1.165, 1.54) is 11.8 Å². The molecule has 25 heteroatoms. The number of likely N-dealkylation sites (tertiary alicyclic amines) is 1. The second-order valence-electron chi connectivity index (χ2n) is 17.7. The monoisotopic (exact) mass is 954 g/mol. The van der Waals surface area contributed by atoms with Gasteiger partial charge < -0.3 is 73.8 Å². The number of nitrogens with one attached hydrogen (secondary N) is 9. The van der Waals surface area contributed by atoms with Crippen LogP contribution in [0.3, 0.4) is 0 Å². The van der Waals surface area contributed by atoms with Crippen molar-refractivity contribution in [3.8, 4) is 0 Å². The zero-order valence-corrected chi connectivity index (χ0v) is 38.9. The van der Waals surface area contributed by atoms with Crippen LogP contribution in [0.5, 0.6) is 0 Å². The highest BCUT2D eigenvalue weighted by molar-refractivity contribution is 5.97. The van der Waals surface area contributed by atoms with Gasteiger partial charge in [0.05, 0.1) is 31.8 Å². The largest absolute Gasteiger partial charge is 0.480 e. The highest BCUT2D eigenvalue weighted by Gasteiger charge is 2.36. The topological polar surface area (TPSA) is 386 Å². The van der Waals surface area contributed by atoms with Gasteiger partial charge in [-0.1, -0.05) is 27.7 Å². The Labute approximate surface area is 389 Å². The molecule has 8 atom stereocenters. The highest BCUT2D eigenvalue weighted by atomic mass is 16.4. The second kappa shape index (κ2) is 28.9. The van der Waals surface area contributed by atoms with E-state index in [2.05, 4.69) is 47.9 Å². The number of nitrogens with two attached hydrogens (primary N) is 1. The molecular weight excluding hydrogens is 883 g/mol. The number of aliphatic hydroxyl groups excluding tert-OH is 2. The molecule has 2 heterocycles. The molecule has 67 heavy (non-hydrogen) atoms. The van der Waals surface area contributed by atoms with Crippen LogP contribution in [0.1, 0.15) is 98.8 Å². The minimum absolute atomic E-state index is 0.0871. The molecular formula is C42H71N11O14. The number of hydrogen-bond donors (Lipinski definition) is 13. The summed E-state index contributed by atoms with van der Waals surface area (Å²) in [5, 5.41) is 50.7. The molecule has 25 nitrogen and oxygen atoms in total. The summed E-state index contributed by atoms with van der Waals surface area (Å²) in [6, 6.07) is -7.81. The molecule has 2 aliphatic rings. The molecule has 2 rings (SSSR count). The van der Waals surface area contributed by atoms with Crippen molar-refractivity contribution < 1.29 is 68.1 Å². The number of carboxylic acid groups (broad SMARTS) is 1. The first-order valence-corrected chi connectivity index (χ1v) is 22.7. The van der Waals surface area contributed by atoms with E-state index >= 15 is 0 Å². The van der Waals surface area contributed by atoms with Crippen LogP contribution in [0, 0.1) is 11.8 Å². The third kappa shape index (κ3) is 21.0. The molecule has 0 radical (unpaired) electrons. The summed E-state index contributed by atoms with van der Waals surface area (Å²) in [5.74, 6) is -8.78. The Morgan fingerprint density at radius 1 is 0.672 bits per heavy atom. The number of unbranched alkanes of at least 4 members (excludes halogenated alkanes) is 1. The molecule has 1 unspecified atom stereocenters. The van der Waals surface area contributed by atoms with E-state index in [0.29, 0.717) is 19.3 Å². The smallest absolute Gasteiger partial charge is 0.326 e. The maximum atomic E-state index is 13.4. The van der Waals surface area contributed by atoms with E-state index in [0.717, 1.165) is 0 Å². The number of aliphatic carboxylic acids is 1. The maximum Gasteiger partial charge on any atom is 0.326 e. The summed E-state index contributed by atoms with van der Waals surface area (Å²) in [6.45, 7) is 7.06. The molecule has 0 spiro atoms. The summed E-state index contributed by atoms with van der Waals surface area (Å²) in [6.07, 6.45) is 0.660. The average molecular weight is 954 g/mol. The zero-order chi connectivity index (χ0) is 50.4. The molecule has 0 saturated carbocycles. The van der Waals surface area contributed by atoms with Crippen LogP contribution in [0.25, 0.3) is 0 Å². The van der Waals surface area contributed by atoms with Gasteiger partial charge in [0, 0.05) is 26.1 Å². The first kappa shape index (κ1) is 57.2. The Kier molecular flexibility index (Phi) is 24.7. The number of carbonyl (C=O) groups excluding carboxylic acids is 10. The fraction of sp³-hybridized carbons (Fsp3) is 0.738. The predicted molar refractivity (Wildman–Crippen MR) is 237 cm³/mol. The molecule has 14 N–H and O–H groups in total. The minimum Gasteiger partial charge on any atom is -0.480 e. The molecule has 0 aromatic rings. The number of rotatable bonds is 29. The zero-order valence-electron chi connectivity index (χ0n) is 38.9. The molecule has 0 aliphatic carbocycles. The van der Waals surface area contributed by atoms with Gasteiger partial charge in [-0.15, -0.1) is 0 Å².